The number of rotatable bonds is 5. The molecule has 1 aliphatic heterocycles. The molecule has 2 aromatic heterocycles. The van der Waals surface area contributed by atoms with Gasteiger partial charge in [-0.15, -0.1) is 22.7 Å². The van der Waals surface area contributed by atoms with Crippen molar-refractivity contribution in [3.05, 3.63) is 68.9 Å². The monoisotopic (exact) mass is 479 g/mol. The number of benzene rings is 1. The SMILES string of the molecule is O=C(Nc1ncc(Cc2cccc(C(F)(F)F)c2)s1)C1CCN(C(=O)c2cccs2)CC1. The van der Waals surface area contributed by atoms with Gasteiger partial charge in [0.05, 0.1) is 10.4 Å². The summed E-state index contributed by atoms with van der Waals surface area (Å²) in [6, 6.07) is 8.83. The van der Waals surface area contributed by atoms with Crippen LogP contribution in [-0.2, 0) is 17.4 Å². The third-order valence-electron chi connectivity index (χ3n) is 5.30. The molecule has 3 aromatic rings. The van der Waals surface area contributed by atoms with Crippen LogP contribution in [0, 0.1) is 5.92 Å². The van der Waals surface area contributed by atoms with E-state index in [1.807, 2.05) is 11.4 Å². The number of nitrogens with zero attached hydrogens (tertiary/aromatic N) is 2. The molecule has 0 unspecified atom stereocenters. The predicted octanol–water partition coefficient (Wildman–Crippen LogP) is 5.31. The Labute approximate surface area is 190 Å². The van der Waals surface area contributed by atoms with E-state index in [1.54, 1.807) is 23.2 Å². The summed E-state index contributed by atoms with van der Waals surface area (Å²) in [6.07, 6.45) is -1.35. The van der Waals surface area contributed by atoms with Crippen molar-refractivity contribution in [1.82, 2.24) is 9.88 Å². The van der Waals surface area contributed by atoms with Gasteiger partial charge < -0.3 is 10.2 Å². The van der Waals surface area contributed by atoms with E-state index in [-0.39, 0.29) is 17.7 Å². The summed E-state index contributed by atoms with van der Waals surface area (Å²) in [4.78, 5) is 32.5. The highest BCUT2D eigenvalue weighted by atomic mass is 32.1. The van der Waals surface area contributed by atoms with Crippen LogP contribution >= 0.6 is 22.7 Å². The van der Waals surface area contributed by atoms with Gasteiger partial charge in [-0.2, -0.15) is 13.2 Å². The van der Waals surface area contributed by atoms with Crippen LogP contribution in [-0.4, -0.2) is 34.8 Å². The lowest BCUT2D eigenvalue weighted by molar-refractivity contribution is -0.137. The van der Waals surface area contributed by atoms with E-state index in [9.17, 15) is 22.8 Å². The van der Waals surface area contributed by atoms with Crippen molar-refractivity contribution in [2.45, 2.75) is 25.4 Å². The molecule has 0 radical (unpaired) electrons. The van der Waals surface area contributed by atoms with Gasteiger partial charge in [0, 0.05) is 36.5 Å². The van der Waals surface area contributed by atoms with Gasteiger partial charge in [-0.3, -0.25) is 9.59 Å². The first-order valence-electron chi connectivity index (χ1n) is 10.0. The lowest BCUT2D eigenvalue weighted by Crippen LogP contribution is -2.41. The van der Waals surface area contributed by atoms with Crippen LogP contribution in [0.2, 0.25) is 0 Å². The minimum absolute atomic E-state index is 0.00184. The van der Waals surface area contributed by atoms with Gasteiger partial charge in [-0.05, 0) is 35.9 Å². The molecule has 4 rings (SSSR count). The van der Waals surface area contributed by atoms with Gasteiger partial charge >= 0.3 is 6.18 Å². The normalized spacial score (nSPS) is 15.0. The van der Waals surface area contributed by atoms with E-state index < -0.39 is 11.7 Å². The molecular weight excluding hydrogens is 459 g/mol. The Kier molecular flexibility index (Phi) is 6.61. The number of carbonyl (C=O) groups excluding carboxylic acids is 2. The molecular formula is C22H20F3N3O2S2. The maximum absolute atomic E-state index is 12.9. The molecule has 5 nitrogen and oxygen atoms in total. The number of anilines is 1. The largest absolute Gasteiger partial charge is 0.416 e. The highest BCUT2D eigenvalue weighted by Gasteiger charge is 2.30. The van der Waals surface area contributed by atoms with Gasteiger partial charge in [0.1, 0.15) is 0 Å². The van der Waals surface area contributed by atoms with Gasteiger partial charge in [0.25, 0.3) is 5.91 Å². The Morgan fingerprint density at radius 1 is 1.16 bits per heavy atom. The number of amides is 2. The van der Waals surface area contributed by atoms with E-state index in [0.29, 0.717) is 47.9 Å². The second-order valence-electron chi connectivity index (χ2n) is 7.54. The lowest BCUT2D eigenvalue weighted by atomic mass is 9.96. The molecule has 1 saturated heterocycles. The number of likely N-dealkylation sites (tertiary alicyclic amines) is 1. The standard InChI is InChI=1S/C22H20F3N3O2S2/c23-22(24,25)16-4-1-3-14(11-16)12-17-13-26-21(32-17)27-19(29)15-6-8-28(9-7-15)20(30)18-5-2-10-31-18/h1-5,10-11,13,15H,6-9,12H2,(H,26,27,29). The summed E-state index contributed by atoms with van der Waals surface area (Å²) in [7, 11) is 0. The highest BCUT2D eigenvalue weighted by molar-refractivity contribution is 7.15. The zero-order valence-corrected chi connectivity index (χ0v) is 18.5. The molecule has 0 bridgehead atoms. The Morgan fingerprint density at radius 2 is 1.94 bits per heavy atom. The topological polar surface area (TPSA) is 62.3 Å². The molecule has 2 amide bonds. The summed E-state index contributed by atoms with van der Waals surface area (Å²) in [5, 5.41) is 5.10. The second-order valence-corrected chi connectivity index (χ2v) is 9.60. The van der Waals surface area contributed by atoms with E-state index >= 15 is 0 Å². The molecule has 10 heteroatoms. The number of thiophene rings is 1. The fourth-order valence-corrected chi connectivity index (χ4v) is 5.15. The number of carbonyl (C=O) groups is 2. The molecule has 1 aliphatic rings. The van der Waals surface area contributed by atoms with E-state index in [1.165, 1.54) is 28.7 Å². The average molecular weight is 480 g/mol. The van der Waals surface area contributed by atoms with Crippen molar-refractivity contribution in [2.24, 2.45) is 5.92 Å². The number of piperidine rings is 1. The molecule has 3 heterocycles. The number of nitrogens with one attached hydrogen (secondary N) is 1. The predicted molar refractivity (Wildman–Crippen MR) is 118 cm³/mol. The summed E-state index contributed by atoms with van der Waals surface area (Å²) >= 11 is 2.65. The summed E-state index contributed by atoms with van der Waals surface area (Å²) < 4.78 is 38.7. The smallest absolute Gasteiger partial charge is 0.338 e. The first-order chi connectivity index (χ1) is 15.3. The molecule has 168 valence electrons. The third kappa shape index (κ3) is 5.36. The average Bonchev–Trinajstić information content (AvgIpc) is 3.45. The van der Waals surface area contributed by atoms with Crippen molar-refractivity contribution < 1.29 is 22.8 Å². The molecule has 0 spiro atoms. The van der Waals surface area contributed by atoms with E-state index in [2.05, 4.69) is 10.3 Å². The van der Waals surface area contributed by atoms with Gasteiger partial charge in [-0.1, -0.05) is 24.3 Å². The fraction of sp³-hybridized carbons (Fsp3) is 0.318. The Hall–Kier alpha value is -2.72. The van der Waals surface area contributed by atoms with E-state index in [0.717, 1.165) is 17.0 Å². The van der Waals surface area contributed by atoms with Crippen LogP contribution in [0.15, 0.2) is 48.0 Å². The van der Waals surface area contributed by atoms with Gasteiger partial charge in [0.2, 0.25) is 5.91 Å². The quantitative estimate of drug-likeness (QED) is 0.540. The summed E-state index contributed by atoms with van der Waals surface area (Å²) in [5.74, 6) is -0.357. The summed E-state index contributed by atoms with van der Waals surface area (Å²) in [6.45, 7) is 1.04. The second kappa shape index (κ2) is 9.41. The van der Waals surface area contributed by atoms with E-state index in [4.69, 9.17) is 0 Å². The van der Waals surface area contributed by atoms with Crippen molar-refractivity contribution in [3.8, 4) is 0 Å². The fourth-order valence-electron chi connectivity index (χ4n) is 3.61. The summed E-state index contributed by atoms with van der Waals surface area (Å²) in [5.41, 5.74) is -0.152. The molecule has 1 aromatic carbocycles. The number of aromatic nitrogens is 1. The molecule has 0 aliphatic carbocycles. The van der Waals surface area contributed by atoms with Crippen LogP contribution < -0.4 is 5.32 Å². The van der Waals surface area contributed by atoms with Crippen LogP contribution in [0.3, 0.4) is 0 Å². The number of alkyl halides is 3. The highest BCUT2D eigenvalue weighted by Crippen LogP contribution is 2.31. The number of halogens is 3. The van der Waals surface area contributed by atoms with Crippen LogP contribution in [0.5, 0.6) is 0 Å². The van der Waals surface area contributed by atoms with Crippen LogP contribution in [0.25, 0.3) is 0 Å². The van der Waals surface area contributed by atoms with Crippen LogP contribution in [0.1, 0.15) is 38.5 Å². The Bertz CT molecular complexity index is 1090. The number of hydrogen-bond donors (Lipinski definition) is 1. The lowest BCUT2D eigenvalue weighted by Gasteiger charge is -2.30. The molecule has 0 saturated carbocycles. The maximum atomic E-state index is 12.9. The molecule has 32 heavy (non-hydrogen) atoms. The van der Waals surface area contributed by atoms with Crippen molar-refractivity contribution in [1.29, 1.82) is 0 Å². The molecule has 0 atom stereocenters. The molecule has 1 fully saturated rings. The minimum atomic E-state index is -4.38. The first kappa shape index (κ1) is 22.5. The van der Waals surface area contributed by atoms with Crippen molar-refractivity contribution in [3.63, 3.8) is 0 Å². The third-order valence-corrected chi connectivity index (χ3v) is 7.07. The van der Waals surface area contributed by atoms with Gasteiger partial charge in [0.15, 0.2) is 5.13 Å². The maximum Gasteiger partial charge on any atom is 0.416 e. The number of hydrogen-bond acceptors (Lipinski definition) is 5. The zero-order chi connectivity index (χ0) is 22.7. The van der Waals surface area contributed by atoms with Gasteiger partial charge in [-0.25, -0.2) is 4.98 Å². The van der Waals surface area contributed by atoms with Crippen molar-refractivity contribution in [2.75, 3.05) is 18.4 Å². The van der Waals surface area contributed by atoms with Crippen molar-refractivity contribution >= 4 is 39.6 Å². The number of thiazole rings is 1. The minimum Gasteiger partial charge on any atom is -0.338 e. The first-order valence-corrected chi connectivity index (χ1v) is 11.7. The zero-order valence-electron chi connectivity index (χ0n) is 16.9. The molecule has 1 N–H and O–H groups in total. The van der Waals surface area contributed by atoms with Crippen LogP contribution in [0.4, 0.5) is 18.3 Å². The Morgan fingerprint density at radius 3 is 2.62 bits per heavy atom. The Balaban J connectivity index is 1.30.